The first-order valence-electron chi connectivity index (χ1n) is 9.51. The summed E-state index contributed by atoms with van der Waals surface area (Å²) in [5, 5.41) is 12.0. The van der Waals surface area contributed by atoms with Gasteiger partial charge in [-0.3, -0.25) is 9.59 Å². The number of halogens is 1. The van der Waals surface area contributed by atoms with Crippen LogP contribution in [0.25, 0.3) is 16.7 Å². The summed E-state index contributed by atoms with van der Waals surface area (Å²) in [6.07, 6.45) is 1.91. The van der Waals surface area contributed by atoms with E-state index in [1.807, 2.05) is 42.1 Å². The fraction of sp³-hybridized carbons (Fsp3) is 0.217. The molecule has 154 valence electrons. The molecule has 0 radical (unpaired) electrons. The molecule has 1 atom stereocenters. The van der Waals surface area contributed by atoms with Crippen molar-refractivity contribution < 1.29 is 19.4 Å². The second-order valence-electron chi connectivity index (χ2n) is 7.20. The van der Waals surface area contributed by atoms with Crippen molar-refractivity contribution in [3.8, 4) is 0 Å². The number of amides is 1. The van der Waals surface area contributed by atoms with Gasteiger partial charge in [0.1, 0.15) is 5.76 Å². The first-order valence-corrected chi connectivity index (χ1v) is 10.3. The number of aromatic nitrogens is 1. The summed E-state index contributed by atoms with van der Waals surface area (Å²) in [5.74, 6) is -1.51. The molecule has 1 N–H and O–H groups in total. The summed E-state index contributed by atoms with van der Waals surface area (Å²) in [6, 6.07) is 14.1. The van der Waals surface area contributed by atoms with Crippen LogP contribution in [0.2, 0.25) is 0 Å². The van der Waals surface area contributed by atoms with E-state index < -0.39 is 17.7 Å². The number of benzene rings is 2. The second-order valence-corrected chi connectivity index (χ2v) is 8.12. The number of carbonyl (C=O) groups is 2. The predicted molar refractivity (Wildman–Crippen MR) is 118 cm³/mol. The van der Waals surface area contributed by atoms with Gasteiger partial charge in [0.2, 0.25) is 0 Å². The van der Waals surface area contributed by atoms with E-state index in [4.69, 9.17) is 4.74 Å². The smallest absolute Gasteiger partial charge is 0.295 e. The van der Waals surface area contributed by atoms with Crippen LogP contribution in [0.4, 0.5) is 0 Å². The molecule has 2 aromatic carbocycles. The molecule has 0 spiro atoms. The lowest BCUT2D eigenvalue weighted by Crippen LogP contribution is -2.32. The largest absolute Gasteiger partial charge is 0.507 e. The zero-order valence-electron chi connectivity index (χ0n) is 16.6. The lowest BCUT2D eigenvalue weighted by atomic mass is 9.95. The van der Waals surface area contributed by atoms with Crippen molar-refractivity contribution in [3.05, 3.63) is 75.9 Å². The second kappa shape index (κ2) is 8.08. The highest BCUT2D eigenvalue weighted by atomic mass is 79.9. The van der Waals surface area contributed by atoms with Crippen LogP contribution in [-0.2, 0) is 21.4 Å². The molecule has 1 fully saturated rings. The first kappa shape index (κ1) is 20.4. The van der Waals surface area contributed by atoms with Crippen molar-refractivity contribution in [1.82, 2.24) is 9.47 Å². The number of ether oxygens (including phenoxy) is 1. The molecule has 1 aliphatic heterocycles. The van der Waals surface area contributed by atoms with Gasteiger partial charge in [0, 0.05) is 53.4 Å². The summed E-state index contributed by atoms with van der Waals surface area (Å²) in [6.45, 7) is 0.526. The van der Waals surface area contributed by atoms with E-state index in [1.165, 1.54) is 4.90 Å². The van der Waals surface area contributed by atoms with Crippen LogP contribution >= 0.6 is 15.9 Å². The Hall–Kier alpha value is -2.90. The van der Waals surface area contributed by atoms with Crippen LogP contribution in [0, 0.1) is 0 Å². The number of hydrogen-bond donors (Lipinski definition) is 1. The van der Waals surface area contributed by atoms with Gasteiger partial charge in [0.15, 0.2) is 0 Å². The molecule has 0 bridgehead atoms. The van der Waals surface area contributed by atoms with Gasteiger partial charge in [-0.2, -0.15) is 0 Å². The van der Waals surface area contributed by atoms with Crippen molar-refractivity contribution in [3.63, 3.8) is 0 Å². The van der Waals surface area contributed by atoms with Gasteiger partial charge in [-0.1, -0.05) is 46.3 Å². The Morgan fingerprint density at radius 1 is 1.13 bits per heavy atom. The van der Waals surface area contributed by atoms with Crippen molar-refractivity contribution in [1.29, 1.82) is 0 Å². The number of likely N-dealkylation sites (tertiary alicyclic amines) is 1. The molecule has 1 saturated heterocycles. The van der Waals surface area contributed by atoms with Crippen molar-refractivity contribution in [2.24, 2.45) is 7.05 Å². The highest BCUT2D eigenvalue weighted by Crippen LogP contribution is 2.42. The minimum Gasteiger partial charge on any atom is -0.507 e. The van der Waals surface area contributed by atoms with Gasteiger partial charge in [0.05, 0.1) is 18.2 Å². The molecule has 1 unspecified atom stereocenters. The number of fused-ring (bicyclic) bond motifs is 1. The third kappa shape index (κ3) is 3.34. The molecular formula is C23H21BrN2O4. The minimum absolute atomic E-state index is 0.0924. The SMILES string of the molecule is COCCN1C(=O)C(=O)/C(=C(/O)c2ccc(Br)cc2)C1c1cn(C)c2ccccc12. The van der Waals surface area contributed by atoms with Crippen molar-refractivity contribution in [2.75, 3.05) is 20.3 Å². The van der Waals surface area contributed by atoms with E-state index in [9.17, 15) is 14.7 Å². The monoisotopic (exact) mass is 468 g/mol. The molecule has 1 amide bonds. The Kier molecular flexibility index (Phi) is 5.49. The van der Waals surface area contributed by atoms with Crippen LogP contribution in [0.5, 0.6) is 0 Å². The molecule has 7 heteroatoms. The molecular weight excluding hydrogens is 448 g/mol. The number of aryl methyl sites for hydroxylation is 1. The average molecular weight is 469 g/mol. The number of hydrogen-bond acceptors (Lipinski definition) is 4. The Morgan fingerprint density at radius 3 is 2.53 bits per heavy atom. The zero-order chi connectivity index (χ0) is 21.4. The summed E-state index contributed by atoms with van der Waals surface area (Å²) in [5.41, 5.74) is 2.35. The molecule has 1 aromatic heterocycles. The Bertz CT molecular complexity index is 1160. The van der Waals surface area contributed by atoms with Gasteiger partial charge in [-0.05, 0) is 18.2 Å². The van der Waals surface area contributed by atoms with Crippen molar-refractivity contribution >= 4 is 44.3 Å². The number of carbonyl (C=O) groups excluding carboxylic acids is 2. The van der Waals surface area contributed by atoms with Crippen LogP contribution in [0.1, 0.15) is 17.2 Å². The van der Waals surface area contributed by atoms with Gasteiger partial charge in [0.25, 0.3) is 11.7 Å². The highest BCUT2D eigenvalue weighted by molar-refractivity contribution is 9.10. The molecule has 2 heterocycles. The maximum absolute atomic E-state index is 13.0. The van der Waals surface area contributed by atoms with Crippen molar-refractivity contribution in [2.45, 2.75) is 6.04 Å². The molecule has 0 aliphatic carbocycles. The summed E-state index contributed by atoms with van der Waals surface area (Å²) < 4.78 is 7.97. The Labute approximate surface area is 182 Å². The third-order valence-corrected chi connectivity index (χ3v) is 5.94. The van der Waals surface area contributed by atoms with Crippen LogP contribution < -0.4 is 0 Å². The predicted octanol–water partition coefficient (Wildman–Crippen LogP) is 4.01. The Balaban J connectivity index is 1.95. The van der Waals surface area contributed by atoms with Gasteiger partial charge in [-0.15, -0.1) is 0 Å². The van der Waals surface area contributed by atoms with Crippen LogP contribution in [0.15, 0.2) is 64.8 Å². The molecule has 30 heavy (non-hydrogen) atoms. The standard InChI is InChI=1S/C23H21BrN2O4/c1-25-13-17(16-5-3-4-6-18(16)25)20-19(21(27)14-7-9-15(24)10-8-14)22(28)23(29)26(20)11-12-30-2/h3-10,13,20,27H,11-12H2,1-2H3/b21-19+. The summed E-state index contributed by atoms with van der Waals surface area (Å²) >= 11 is 3.37. The first-order chi connectivity index (χ1) is 14.4. The van der Waals surface area contributed by atoms with Gasteiger partial charge >= 0.3 is 0 Å². The van der Waals surface area contributed by atoms with Crippen LogP contribution in [0.3, 0.4) is 0 Å². The number of nitrogens with zero attached hydrogens (tertiary/aromatic N) is 2. The molecule has 4 rings (SSSR count). The van der Waals surface area contributed by atoms with E-state index in [0.29, 0.717) is 5.56 Å². The van der Waals surface area contributed by atoms with Gasteiger partial charge in [-0.25, -0.2) is 0 Å². The van der Waals surface area contributed by atoms with Gasteiger partial charge < -0.3 is 19.3 Å². The summed E-state index contributed by atoms with van der Waals surface area (Å²) in [4.78, 5) is 27.4. The maximum atomic E-state index is 13.0. The fourth-order valence-corrected chi connectivity index (χ4v) is 4.24. The van der Waals surface area contributed by atoms with E-state index in [0.717, 1.165) is 20.9 Å². The number of para-hydroxylation sites is 1. The third-order valence-electron chi connectivity index (χ3n) is 5.42. The number of aliphatic hydroxyl groups is 1. The number of ketones is 1. The molecule has 0 saturated carbocycles. The lowest BCUT2D eigenvalue weighted by Gasteiger charge is -2.24. The molecule has 6 nitrogen and oxygen atoms in total. The fourth-order valence-electron chi connectivity index (χ4n) is 3.98. The normalized spacial score (nSPS) is 18.5. The number of rotatable bonds is 5. The molecule has 1 aliphatic rings. The highest BCUT2D eigenvalue weighted by Gasteiger charge is 2.46. The number of Topliss-reactive ketones (excluding diaryl/α,β-unsaturated/α-hetero) is 1. The summed E-state index contributed by atoms with van der Waals surface area (Å²) in [7, 11) is 3.47. The Morgan fingerprint density at radius 2 is 1.83 bits per heavy atom. The zero-order valence-corrected chi connectivity index (χ0v) is 18.2. The quantitative estimate of drug-likeness (QED) is 0.348. The topological polar surface area (TPSA) is 71.8 Å². The van der Waals surface area contributed by atoms with E-state index >= 15 is 0 Å². The van der Waals surface area contributed by atoms with Crippen LogP contribution in [-0.4, -0.2) is 46.5 Å². The van der Waals surface area contributed by atoms with E-state index in [2.05, 4.69) is 15.9 Å². The minimum atomic E-state index is -0.699. The number of aliphatic hydroxyl groups excluding tert-OH is 1. The average Bonchev–Trinajstić information content (AvgIpc) is 3.21. The number of methoxy groups -OCH3 is 1. The van der Waals surface area contributed by atoms with E-state index in [-0.39, 0.29) is 24.5 Å². The molecule has 3 aromatic rings. The lowest BCUT2D eigenvalue weighted by molar-refractivity contribution is -0.140. The maximum Gasteiger partial charge on any atom is 0.295 e. The van der Waals surface area contributed by atoms with E-state index in [1.54, 1.807) is 31.4 Å².